The van der Waals surface area contributed by atoms with E-state index in [4.69, 9.17) is 4.42 Å². The molecular formula is C23H20FN3O3. The fourth-order valence-electron chi connectivity index (χ4n) is 3.20. The van der Waals surface area contributed by atoms with Gasteiger partial charge in [-0.15, -0.1) is 0 Å². The molecule has 0 aliphatic rings. The Balaban J connectivity index is 1.32. The number of hydrogen-bond acceptors (Lipinski definition) is 4. The number of halogens is 1. The maximum atomic E-state index is 13.6. The topological polar surface area (TPSA) is 76.3 Å². The summed E-state index contributed by atoms with van der Waals surface area (Å²) in [4.78, 5) is 24.3. The summed E-state index contributed by atoms with van der Waals surface area (Å²) in [5.74, 6) is -1.01. The number of benzene rings is 3. The number of oxazole rings is 1. The molecule has 0 saturated heterocycles. The predicted octanol–water partition coefficient (Wildman–Crippen LogP) is 3.78. The van der Waals surface area contributed by atoms with Crippen molar-refractivity contribution in [1.82, 2.24) is 9.88 Å². The first-order chi connectivity index (χ1) is 14.6. The highest BCUT2D eigenvalue weighted by atomic mass is 19.1. The zero-order chi connectivity index (χ0) is 20.9. The van der Waals surface area contributed by atoms with Crippen LogP contribution in [0.25, 0.3) is 11.1 Å². The van der Waals surface area contributed by atoms with Gasteiger partial charge in [0.25, 0.3) is 5.91 Å². The quantitative estimate of drug-likeness (QED) is 0.491. The number of para-hydroxylation sites is 2. The molecule has 0 spiro atoms. The van der Waals surface area contributed by atoms with E-state index in [-0.39, 0.29) is 24.0 Å². The van der Waals surface area contributed by atoms with Gasteiger partial charge in [-0.2, -0.15) is 0 Å². The van der Waals surface area contributed by atoms with Gasteiger partial charge >= 0.3 is 5.76 Å². The molecule has 4 aromatic rings. The molecule has 4 rings (SSSR count). The van der Waals surface area contributed by atoms with Gasteiger partial charge in [0.2, 0.25) is 0 Å². The number of amides is 1. The normalized spacial score (nSPS) is 10.8. The van der Waals surface area contributed by atoms with Gasteiger partial charge in [-0.1, -0.05) is 30.3 Å². The van der Waals surface area contributed by atoms with E-state index in [1.807, 2.05) is 18.2 Å². The van der Waals surface area contributed by atoms with E-state index >= 15 is 0 Å². The minimum absolute atomic E-state index is 0.124. The first-order valence-corrected chi connectivity index (χ1v) is 9.56. The molecule has 30 heavy (non-hydrogen) atoms. The van der Waals surface area contributed by atoms with Crippen molar-refractivity contribution in [3.63, 3.8) is 0 Å². The number of rotatable bonds is 7. The smallest absolute Gasteiger partial charge is 0.408 e. The first kappa shape index (κ1) is 19.4. The van der Waals surface area contributed by atoms with Crippen molar-refractivity contribution >= 4 is 22.7 Å². The van der Waals surface area contributed by atoms with Gasteiger partial charge in [-0.05, 0) is 42.5 Å². The van der Waals surface area contributed by atoms with Gasteiger partial charge in [-0.25, -0.2) is 9.18 Å². The van der Waals surface area contributed by atoms with E-state index in [1.54, 1.807) is 53.1 Å². The first-order valence-electron chi connectivity index (χ1n) is 9.56. The van der Waals surface area contributed by atoms with Gasteiger partial charge in [0.1, 0.15) is 5.82 Å². The number of fused-ring (bicyclic) bond motifs is 1. The molecule has 1 amide bonds. The second kappa shape index (κ2) is 8.65. The molecule has 6 nitrogen and oxygen atoms in total. The standard InChI is InChI=1S/C23H20FN3O3/c24-19-6-2-1-5-17(19)15-26-22(28)16-9-11-18(12-10-16)25-13-14-27-20-7-3-4-8-21(20)30-23(27)29/h1-12,25H,13-15H2,(H,26,28). The van der Waals surface area contributed by atoms with Crippen LogP contribution in [0.3, 0.4) is 0 Å². The molecule has 0 fully saturated rings. The maximum absolute atomic E-state index is 13.6. The Labute approximate surface area is 171 Å². The van der Waals surface area contributed by atoms with Crippen LogP contribution in [0.5, 0.6) is 0 Å². The second-order valence-corrected chi connectivity index (χ2v) is 6.77. The summed E-state index contributed by atoms with van der Waals surface area (Å²) >= 11 is 0. The SMILES string of the molecule is O=C(NCc1ccccc1F)c1ccc(NCCn2c(=O)oc3ccccc32)cc1. The molecule has 0 bridgehead atoms. The van der Waals surface area contributed by atoms with Crippen molar-refractivity contribution in [1.29, 1.82) is 0 Å². The van der Waals surface area contributed by atoms with Crippen molar-refractivity contribution < 1.29 is 13.6 Å². The Morgan fingerprint density at radius 2 is 1.70 bits per heavy atom. The van der Waals surface area contributed by atoms with Crippen molar-refractivity contribution in [3.8, 4) is 0 Å². The summed E-state index contributed by atoms with van der Waals surface area (Å²) in [5.41, 5.74) is 3.06. The zero-order valence-electron chi connectivity index (χ0n) is 16.1. The fraction of sp³-hybridized carbons (Fsp3) is 0.130. The lowest BCUT2D eigenvalue weighted by Gasteiger charge is -2.09. The Kier molecular flexibility index (Phi) is 5.61. The van der Waals surface area contributed by atoms with Crippen LogP contribution in [-0.2, 0) is 13.1 Å². The monoisotopic (exact) mass is 405 g/mol. The van der Waals surface area contributed by atoms with Crippen LogP contribution in [-0.4, -0.2) is 17.0 Å². The summed E-state index contributed by atoms with van der Waals surface area (Å²) < 4.78 is 20.4. The Bertz CT molecular complexity index is 1230. The van der Waals surface area contributed by atoms with Gasteiger partial charge in [0.15, 0.2) is 5.58 Å². The lowest BCUT2D eigenvalue weighted by Crippen LogP contribution is -2.23. The molecule has 0 unspecified atom stereocenters. The summed E-state index contributed by atoms with van der Waals surface area (Å²) in [6, 6.07) is 20.6. The van der Waals surface area contributed by atoms with E-state index in [0.29, 0.717) is 29.8 Å². The molecule has 0 saturated carbocycles. The van der Waals surface area contributed by atoms with Crippen molar-refractivity contribution in [2.24, 2.45) is 0 Å². The fourth-order valence-corrected chi connectivity index (χ4v) is 3.20. The lowest BCUT2D eigenvalue weighted by atomic mass is 10.1. The van der Waals surface area contributed by atoms with Crippen LogP contribution in [0.4, 0.5) is 10.1 Å². The maximum Gasteiger partial charge on any atom is 0.420 e. The van der Waals surface area contributed by atoms with Crippen molar-refractivity contribution in [2.75, 3.05) is 11.9 Å². The molecule has 2 N–H and O–H groups in total. The molecule has 0 radical (unpaired) electrons. The van der Waals surface area contributed by atoms with E-state index in [2.05, 4.69) is 10.6 Å². The van der Waals surface area contributed by atoms with Crippen molar-refractivity contribution in [3.05, 3.63) is 100 Å². The van der Waals surface area contributed by atoms with Gasteiger partial charge in [0.05, 0.1) is 5.52 Å². The third-order valence-electron chi connectivity index (χ3n) is 4.78. The number of carbonyl (C=O) groups excluding carboxylic acids is 1. The average molecular weight is 405 g/mol. The lowest BCUT2D eigenvalue weighted by molar-refractivity contribution is 0.0950. The predicted molar refractivity (Wildman–Crippen MR) is 113 cm³/mol. The number of nitrogens with one attached hydrogen (secondary N) is 2. The minimum Gasteiger partial charge on any atom is -0.408 e. The van der Waals surface area contributed by atoms with E-state index < -0.39 is 0 Å². The number of carbonyl (C=O) groups is 1. The highest BCUT2D eigenvalue weighted by Crippen LogP contribution is 2.13. The van der Waals surface area contributed by atoms with Crippen LogP contribution >= 0.6 is 0 Å². The van der Waals surface area contributed by atoms with Crippen LogP contribution in [0, 0.1) is 5.82 Å². The molecule has 0 aliphatic heterocycles. The molecule has 7 heteroatoms. The molecule has 3 aromatic carbocycles. The van der Waals surface area contributed by atoms with E-state index in [1.165, 1.54) is 6.07 Å². The molecular weight excluding hydrogens is 385 g/mol. The number of nitrogens with zero attached hydrogens (tertiary/aromatic N) is 1. The summed E-state index contributed by atoms with van der Waals surface area (Å²) in [7, 11) is 0. The third-order valence-corrected chi connectivity index (χ3v) is 4.78. The summed E-state index contributed by atoms with van der Waals surface area (Å²) in [5, 5.41) is 5.94. The summed E-state index contributed by atoms with van der Waals surface area (Å²) in [6.07, 6.45) is 0. The Morgan fingerprint density at radius 3 is 2.50 bits per heavy atom. The number of anilines is 1. The van der Waals surface area contributed by atoms with Crippen LogP contribution < -0.4 is 16.4 Å². The molecule has 0 atom stereocenters. The number of aromatic nitrogens is 1. The molecule has 0 aliphatic carbocycles. The number of hydrogen-bond donors (Lipinski definition) is 2. The minimum atomic E-state index is -0.389. The molecule has 1 aromatic heterocycles. The van der Waals surface area contributed by atoms with E-state index in [9.17, 15) is 14.0 Å². The van der Waals surface area contributed by atoms with Crippen LogP contribution in [0.1, 0.15) is 15.9 Å². The van der Waals surface area contributed by atoms with Crippen molar-refractivity contribution in [2.45, 2.75) is 13.1 Å². The van der Waals surface area contributed by atoms with Gasteiger partial charge in [-0.3, -0.25) is 9.36 Å². The second-order valence-electron chi connectivity index (χ2n) is 6.77. The van der Waals surface area contributed by atoms with Gasteiger partial charge < -0.3 is 15.1 Å². The highest BCUT2D eigenvalue weighted by molar-refractivity contribution is 5.94. The summed E-state index contributed by atoms with van der Waals surface area (Å²) in [6.45, 7) is 1.09. The van der Waals surface area contributed by atoms with E-state index in [0.717, 1.165) is 11.2 Å². The van der Waals surface area contributed by atoms with Crippen LogP contribution in [0.2, 0.25) is 0 Å². The molecule has 1 heterocycles. The average Bonchev–Trinajstić information content (AvgIpc) is 3.08. The van der Waals surface area contributed by atoms with Crippen LogP contribution in [0.15, 0.2) is 82.0 Å². The third kappa shape index (κ3) is 4.25. The highest BCUT2D eigenvalue weighted by Gasteiger charge is 2.09. The zero-order valence-corrected chi connectivity index (χ0v) is 16.1. The Morgan fingerprint density at radius 1 is 0.967 bits per heavy atom. The van der Waals surface area contributed by atoms with Gasteiger partial charge in [0, 0.05) is 36.4 Å². The Hall–Kier alpha value is -3.87. The molecule has 152 valence electrons. The largest absolute Gasteiger partial charge is 0.420 e.